The fourth-order valence-corrected chi connectivity index (χ4v) is 5.27. The molecule has 3 nitrogen and oxygen atoms in total. The zero-order valence-corrected chi connectivity index (χ0v) is 13.9. The second-order valence-corrected chi connectivity index (χ2v) is 8.05. The van der Waals surface area contributed by atoms with Crippen molar-refractivity contribution in [3.63, 3.8) is 0 Å². The van der Waals surface area contributed by atoms with Crippen LogP contribution in [0, 0.1) is 6.92 Å². The van der Waals surface area contributed by atoms with Crippen molar-refractivity contribution in [3.8, 4) is 0 Å². The van der Waals surface area contributed by atoms with Gasteiger partial charge < -0.3 is 0 Å². The van der Waals surface area contributed by atoms with Gasteiger partial charge in [0.05, 0.1) is 16.6 Å². The number of para-hydroxylation sites is 1. The number of aryl methyl sites for hydroxylation is 1. The summed E-state index contributed by atoms with van der Waals surface area (Å²) >= 11 is 0. The number of anilines is 1. The molecule has 4 rings (SSSR count). The maximum Gasteiger partial charge on any atom is 0.264 e. The van der Waals surface area contributed by atoms with Gasteiger partial charge in [-0.2, -0.15) is 0 Å². The minimum absolute atomic E-state index is 0.0625. The van der Waals surface area contributed by atoms with E-state index >= 15 is 0 Å². The highest BCUT2D eigenvalue weighted by Gasteiger charge is 2.41. The average molecular weight is 325 g/mol. The number of rotatable bonds is 2. The molecule has 23 heavy (non-hydrogen) atoms. The Labute approximate surface area is 137 Å². The van der Waals surface area contributed by atoms with Crippen molar-refractivity contribution in [2.75, 3.05) is 4.31 Å². The number of fused-ring (bicyclic) bond motifs is 3. The summed E-state index contributed by atoms with van der Waals surface area (Å²) in [5.41, 5.74) is 4.10. The SMILES string of the molecule is Cc1ccc(S(=O)(=O)N2c3ccccc3C3=CCCCC32)cc1. The first kappa shape index (κ1) is 14.5. The van der Waals surface area contributed by atoms with E-state index in [1.165, 1.54) is 5.57 Å². The summed E-state index contributed by atoms with van der Waals surface area (Å²) in [4.78, 5) is 0.365. The Morgan fingerprint density at radius 3 is 2.57 bits per heavy atom. The van der Waals surface area contributed by atoms with Gasteiger partial charge in [0.25, 0.3) is 10.0 Å². The van der Waals surface area contributed by atoms with Crippen LogP contribution in [0.15, 0.2) is 59.5 Å². The van der Waals surface area contributed by atoms with E-state index in [9.17, 15) is 8.42 Å². The van der Waals surface area contributed by atoms with Crippen molar-refractivity contribution in [2.45, 2.75) is 37.1 Å². The monoisotopic (exact) mass is 325 g/mol. The van der Waals surface area contributed by atoms with Gasteiger partial charge in [0, 0.05) is 5.56 Å². The van der Waals surface area contributed by atoms with Crippen LogP contribution in [0.3, 0.4) is 0 Å². The fourth-order valence-electron chi connectivity index (χ4n) is 3.59. The molecule has 0 bridgehead atoms. The van der Waals surface area contributed by atoms with Gasteiger partial charge in [-0.1, -0.05) is 42.0 Å². The zero-order valence-electron chi connectivity index (χ0n) is 13.1. The van der Waals surface area contributed by atoms with Crippen LogP contribution in [-0.2, 0) is 10.0 Å². The number of hydrogen-bond donors (Lipinski definition) is 0. The van der Waals surface area contributed by atoms with E-state index in [0.717, 1.165) is 36.1 Å². The summed E-state index contributed by atoms with van der Waals surface area (Å²) in [6.45, 7) is 1.96. The van der Waals surface area contributed by atoms with Crippen molar-refractivity contribution in [3.05, 3.63) is 65.7 Å². The van der Waals surface area contributed by atoms with Gasteiger partial charge in [-0.25, -0.2) is 8.42 Å². The van der Waals surface area contributed by atoms with Crippen molar-refractivity contribution >= 4 is 21.3 Å². The summed E-state index contributed by atoms with van der Waals surface area (Å²) in [6.07, 6.45) is 5.14. The van der Waals surface area contributed by atoms with E-state index in [0.29, 0.717) is 4.90 Å². The van der Waals surface area contributed by atoms with E-state index in [4.69, 9.17) is 0 Å². The lowest BCUT2D eigenvalue weighted by atomic mass is 9.92. The first-order valence-electron chi connectivity index (χ1n) is 7.99. The molecule has 1 aliphatic carbocycles. The molecular weight excluding hydrogens is 306 g/mol. The van der Waals surface area contributed by atoms with Crippen LogP contribution in [0.2, 0.25) is 0 Å². The second-order valence-electron chi connectivity index (χ2n) is 6.24. The highest BCUT2D eigenvalue weighted by atomic mass is 32.2. The van der Waals surface area contributed by atoms with Crippen LogP contribution in [0.4, 0.5) is 5.69 Å². The maximum absolute atomic E-state index is 13.3. The largest absolute Gasteiger partial charge is 0.264 e. The molecule has 1 unspecified atom stereocenters. The smallest absolute Gasteiger partial charge is 0.258 e. The Bertz CT molecular complexity index is 882. The fraction of sp³-hybridized carbons (Fsp3) is 0.263. The molecule has 0 fully saturated rings. The van der Waals surface area contributed by atoms with Crippen LogP contribution < -0.4 is 4.31 Å². The Hall–Kier alpha value is -2.07. The predicted octanol–water partition coefficient (Wildman–Crippen LogP) is 4.14. The van der Waals surface area contributed by atoms with Crippen LogP contribution in [0.1, 0.15) is 30.4 Å². The zero-order chi connectivity index (χ0) is 16.0. The maximum atomic E-state index is 13.3. The van der Waals surface area contributed by atoms with Crippen molar-refractivity contribution < 1.29 is 8.42 Å². The second kappa shape index (κ2) is 5.24. The van der Waals surface area contributed by atoms with Gasteiger partial charge in [0.2, 0.25) is 0 Å². The van der Waals surface area contributed by atoms with Crippen molar-refractivity contribution in [1.29, 1.82) is 0 Å². The molecule has 0 radical (unpaired) electrons. The predicted molar refractivity (Wildman–Crippen MR) is 92.9 cm³/mol. The summed E-state index contributed by atoms with van der Waals surface area (Å²) in [5.74, 6) is 0. The van der Waals surface area contributed by atoms with Gasteiger partial charge in [-0.15, -0.1) is 0 Å². The van der Waals surface area contributed by atoms with Crippen molar-refractivity contribution in [2.24, 2.45) is 0 Å². The number of allylic oxidation sites excluding steroid dienone is 1. The van der Waals surface area contributed by atoms with Gasteiger partial charge in [0.15, 0.2) is 0 Å². The minimum Gasteiger partial charge on any atom is -0.258 e. The summed E-state index contributed by atoms with van der Waals surface area (Å²) < 4.78 is 28.2. The first-order valence-corrected chi connectivity index (χ1v) is 9.43. The number of hydrogen-bond acceptors (Lipinski definition) is 2. The molecule has 1 aliphatic heterocycles. The lowest BCUT2D eigenvalue weighted by Gasteiger charge is -2.29. The molecule has 1 heterocycles. The van der Waals surface area contributed by atoms with Crippen LogP contribution in [0.5, 0.6) is 0 Å². The van der Waals surface area contributed by atoms with E-state index in [1.54, 1.807) is 16.4 Å². The van der Waals surface area contributed by atoms with E-state index in [-0.39, 0.29) is 6.04 Å². The average Bonchev–Trinajstić information content (AvgIpc) is 2.90. The Morgan fingerprint density at radius 1 is 1.04 bits per heavy atom. The summed E-state index contributed by atoms with van der Waals surface area (Å²) in [5, 5.41) is 0. The van der Waals surface area contributed by atoms with Crippen molar-refractivity contribution in [1.82, 2.24) is 0 Å². The third-order valence-corrected chi connectivity index (χ3v) is 6.56. The van der Waals surface area contributed by atoms with Gasteiger partial charge in [0.1, 0.15) is 0 Å². The Balaban J connectivity index is 1.89. The number of nitrogens with zero attached hydrogens (tertiary/aromatic N) is 1. The topological polar surface area (TPSA) is 37.4 Å². The van der Waals surface area contributed by atoms with Crippen LogP contribution >= 0.6 is 0 Å². The number of benzene rings is 2. The lowest BCUT2D eigenvalue weighted by Crippen LogP contribution is -2.38. The summed E-state index contributed by atoms with van der Waals surface area (Å²) in [6, 6.07) is 14.9. The molecule has 1 atom stereocenters. The highest BCUT2D eigenvalue weighted by molar-refractivity contribution is 7.93. The molecule has 2 aromatic carbocycles. The van der Waals surface area contributed by atoms with Gasteiger partial charge >= 0.3 is 0 Å². The molecule has 0 saturated carbocycles. The molecule has 118 valence electrons. The first-order chi connectivity index (χ1) is 11.1. The van der Waals surface area contributed by atoms with Gasteiger partial charge in [-0.05, 0) is 50.0 Å². The number of sulfonamides is 1. The van der Waals surface area contributed by atoms with E-state index in [1.807, 2.05) is 43.3 Å². The van der Waals surface area contributed by atoms with Crippen LogP contribution in [0.25, 0.3) is 5.57 Å². The third kappa shape index (κ3) is 2.20. The molecule has 0 N–H and O–H groups in total. The highest BCUT2D eigenvalue weighted by Crippen LogP contribution is 2.46. The standard InChI is InChI=1S/C19H19NO2S/c1-14-10-12-15(13-11-14)23(21,22)20-18-8-4-2-6-16(18)17-7-3-5-9-19(17)20/h2,4,6-8,10-13,19H,3,5,9H2,1H3. The lowest BCUT2D eigenvalue weighted by molar-refractivity contribution is 0.578. The Morgan fingerprint density at radius 2 is 1.78 bits per heavy atom. The molecule has 0 aromatic heterocycles. The third-order valence-electron chi connectivity index (χ3n) is 4.72. The quantitative estimate of drug-likeness (QED) is 0.832. The molecular formula is C19H19NO2S. The summed E-state index contributed by atoms with van der Waals surface area (Å²) in [7, 11) is -3.55. The molecule has 0 amide bonds. The molecule has 0 saturated heterocycles. The molecule has 2 aliphatic rings. The molecule has 0 spiro atoms. The minimum atomic E-state index is -3.55. The van der Waals surface area contributed by atoms with E-state index in [2.05, 4.69) is 6.08 Å². The van der Waals surface area contributed by atoms with Gasteiger partial charge in [-0.3, -0.25) is 4.31 Å². The molecule has 2 aromatic rings. The van der Waals surface area contributed by atoms with E-state index < -0.39 is 10.0 Å². The normalized spacial score (nSPS) is 20.0. The molecule has 4 heteroatoms. The Kier molecular flexibility index (Phi) is 3.31. The van der Waals surface area contributed by atoms with Crippen LogP contribution in [-0.4, -0.2) is 14.5 Å².